The van der Waals surface area contributed by atoms with Gasteiger partial charge in [0, 0.05) is 20.3 Å². The van der Waals surface area contributed by atoms with Crippen LogP contribution in [0.2, 0.25) is 0 Å². The van der Waals surface area contributed by atoms with Gasteiger partial charge in [0.15, 0.2) is 0 Å². The van der Waals surface area contributed by atoms with E-state index < -0.39 is 0 Å². The summed E-state index contributed by atoms with van der Waals surface area (Å²) in [5.74, 6) is 1.69. The number of nitrogens with two attached hydrogens (primary N) is 1. The first-order valence-electron chi connectivity index (χ1n) is 6.21. The number of methoxy groups -OCH3 is 2. The fourth-order valence-electron chi connectivity index (χ4n) is 2.27. The Morgan fingerprint density at radius 1 is 1.20 bits per heavy atom. The molecule has 1 atom stereocenters. The second kappa shape index (κ2) is 6.16. The highest BCUT2D eigenvalue weighted by atomic mass is 79.9. The Morgan fingerprint density at radius 3 is 2.45 bits per heavy atom. The van der Waals surface area contributed by atoms with E-state index in [2.05, 4.69) is 22.0 Å². The second-order valence-corrected chi connectivity index (χ2v) is 6.41. The van der Waals surface area contributed by atoms with Gasteiger partial charge < -0.3 is 15.2 Å². The average molecular weight is 356 g/mol. The lowest BCUT2D eigenvalue weighted by atomic mass is 9.96. The van der Waals surface area contributed by atoms with E-state index in [1.54, 1.807) is 25.6 Å². The normalized spacial score (nSPS) is 12.3. The minimum Gasteiger partial charge on any atom is -0.496 e. The van der Waals surface area contributed by atoms with Gasteiger partial charge in [-0.1, -0.05) is 15.9 Å². The van der Waals surface area contributed by atoms with Gasteiger partial charge >= 0.3 is 0 Å². The van der Waals surface area contributed by atoms with Gasteiger partial charge in [-0.25, -0.2) is 0 Å². The molecule has 1 aromatic carbocycles. The fourth-order valence-corrected chi connectivity index (χ4v) is 3.69. The molecule has 20 heavy (non-hydrogen) atoms. The van der Waals surface area contributed by atoms with Gasteiger partial charge in [-0.3, -0.25) is 0 Å². The highest BCUT2D eigenvalue weighted by Crippen LogP contribution is 2.40. The van der Waals surface area contributed by atoms with Crippen molar-refractivity contribution in [2.75, 3.05) is 14.2 Å². The summed E-state index contributed by atoms with van der Waals surface area (Å²) in [6.45, 7) is 4.07. The monoisotopic (exact) mass is 355 g/mol. The minimum absolute atomic E-state index is 0.227. The number of hydrogen-bond acceptors (Lipinski definition) is 4. The lowest BCUT2D eigenvalue weighted by Gasteiger charge is -2.20. The molecule has 0 aliphatic carbocycles. The molecule has 2 N–H and O–H groups in total. The third-order valence-electron chi connectivity index (χ3n) is 3.36. The summed E-state index contributed by atoms with van der Waals surface area (Å²) < 4.78 is 11.8. The van der Waals surface area contributed by atoms with Crippen LogP contribution < -0.4 is 15.2 Å². The smallest absolute Gasteiger partial charge is 0.129 e. The predicted octanol–water partition coefficient (Wildman–Crippen LogP) is 4.19. The van der Waals surface area contributed by atoms with Crippen molar-refractivity contribution in [3.8, 4) is 11.5 Å². The first kappa shape index (κ1) is 15.4. The van der Waals surface area contributed by atoms with E-state index >= 15 is 0 Å². The van der Waals surface area contributed by atoms with Crippen LogP contribution in [0.5, 0.6) is 11.5 Å². The molecule has 0 bridgehead atoms. The second-order valence-electron chi connectivity index (χ2n) is 4.61. The first-order valence-corrected chi connectivity index (χ1v) is 7.88. The van der Waals surface area contributed by atoms with Gasteiger partial charge in [0.2, 0.25) is 0 Å². The molecule has 108 valence electrons. The van der Waals surface area contributed by atoms with Crippen molar-refractivity contribution in [1.82, 2.24) is 0 Å². The van der Waals surface area contributed by atoms with Gasteiger partial charge in [-0.05, 0) is 37.1 Å². The average Bonchev–Trinajstić information content (AvgIpc) is 2.90. The van der Waals surface area contributed by atoms with Gasteiger partial charge in [-0.15, -0.1) is 11.3 Å². The zero-order valence-corrected chi connectivity index (χ0v) is 14.4. The number of thiophene rings is 1. The Hall–Kier alpha value is -1.04. The van der Waals surface area contributed by atoms with Crippen LogP contribution in [0.4, 0.5) is 0 Å². The molecule has 2 aromatic rings. The number of ether oxygens (including phenoxy) is 2. The molecule has 2 rings (SSSR count). The molecule has 1 aromatic heterocycles. The standard InChI is InChI=1S/C15H18BrNO2S/c1-8-5-11(16)9(2)13(15(8)19-4)14(17)12-6-10(18-3)7-20-12/h5-7,14H,17H2,1-4H3. The van der Waals surface area contributed by atoms with Crippen LogP contribution in [0.25, 0.3) is 0 Å². The number of hydrogen-bond donors (Lipinski definition) is 1. The molecule has 1 unspecified atom stereocenters. The first-order chi connectivity index (χ1) is 9.49. The maximum Gasteiger partial charge on any atom is 0.129 e. The largest absolute Gasteiger partial charge is 0.496 e. The van der Waals surface area contributed by atoms with Crippen LogP contribution in [0.1, 0.15) is 27.6 Å². The van der Waals surface area contributed by atoms with Gasteiger partial charge in [0.1, 0.15) is 11.5 Å². The molecule has 0 aliphatic rings. The highest BCUT2D eigenvalue weighted by molar-refractivity contribution is 9.10. The molecule has 3 nitrogen and oxygen atoms in total. The van der Waals surface area contributed by atoms with Crippen molar-refractivity contribution in [1.29, 1.82) is 0 Å². The van der Waals surface area contributed by atoms with Gasteiger partial charge in [-0.2, -0.15) is 0 Å². The van der Waals surface area contributed by atoms with Crippen molar-refractivity contribution in [3.63, 3.8) is 0 Å². The van der Waals surface area contributed by atoms with Crippen LogP contribution >= 0.6 is 27.3 Å². The van der Waals surface area contributed by atoms with Crippen LogP contribution in [-0.2, 0) is 0 Å². The lowest BCUT2D eigenvalue weighted by Crippen LogP contribution is -2.14. The van der Waals surface area contributed by atoms with E-state index in [-0.39, 0.29) is 6.04 Å². The third-order valence-corrected chi connectivity index (χ3v) is 5.18. The van der Waals surface area contributed by atoms with Crippen molar-refractivity contribution >= 4 is 27.3 Å². The summed E-state index contributed by atoms with van der Waals surface area (Å²) in [5.41, 5.74) is 9.64. The topological polar surface area (TPSA) is 44.5 Å². The van der Waals surface area contributed by atoms with Crippen LogP contribution in [0, 0.1) is 13.8 Å². The van der Waals surface area contributed by atoms with E-state index in [4.69, 9.17) is 15.2 Å². The molecular weight excluding hydrogens is 338 g/mol. The minimum atomic E-state index is -0.227. The van der Waals surface area contributed by atoms with Gasteiger partial charge in [0.25, 0.3) is 0 Å². The summed E-state index contributed by atoms with van der Waals surface area (Å²) in [6.07, 6.45) is 0. The molecule has 0 fully saturated rings. The maximum atomic E-state index is 6.45. The van der Waals surface area contributed by atoms with Gasteiger partial charge in [0.05, 0.1) is 20.3 Å². The van der Waals surface area contributed by atoms with Crippen LogP contribution in [0.15, 0.2) is 22.0 Å². The zero-order valence-electron chi connectivity index (χ0n) is 12.0. The number of halogens is 1. The van der Waals surface area contributed by atoms with E-state index in [1.807, 2.05) is 25.3 Å². The number of aryl methyl sites for hydroxylation is 1. The Morgan fingerprint density at radius 2 is 1.90 bits per heavy atom. The molecule has 1 heterocycles. The number of rotatable bonds is 4. The van der Waals surface area contributed by atoms with Crippen molar-refractivity contribution in [2.45, 2.75) is 19.9 Å². The Labute approximate surface area is 131 Å². The van der Waals surface area contributed by atoms with Crippen LogP contribution in [0.3, 0.4) is 0 Å². The maximum absolute atomic E-state index is 6.45. The quantitative estimate of drug-likeness (QED) is 0.893. The fraction of sp³-hybridized carbons (Fsp3) is 0.333. The molecule has 0 aliphatic heterocycles. The SMILES string of the molecule is COc1csc(C(N)c2c(C)c(Br)cc(C)c2OC)c1. The summed E-state index contributed by atoms with van der Waals surface area (Å²) in [7, 11) is 3.34. The summed E-state index contributed by atoms with van der Waals surface area (Å²) >= 11 is 5.18. The molecule has 0 saturated heterocycles. The van der Waals surface area contributed by atoms with E-state index in [1.165, 1.54) is 0 Å². The highest BCUT2D eigenvalue weighted by Gasteiger charge is 2.21. The summed E-state index contributed by atoms with van der Waals surface area (Å²) in [6, 6.07) is 3.80. The molecular formula is C15H18BrNO2S. The molecule has 5 heteroatoms. The number of benzene rings is 1. The zero-order chi connectivity index (χ0) is 14.9. The molecule has 0 spiro atoms. The predicted molar refractivity (Wildman–Crippen MR) is 87.1 cm³/mol. The van der Waals surface area contributed by atoms with Crippen molar-refractivity contribution in [2.24, 2.45) is 5.73 Å². The molecule has 0 radical (unpaired) electrons. The van der Waals surface area contributed by atoms with E-state index in [9.17, 15) is 0 Å². The Bertz CT molecular complexity index is 625. The summed E-state index contributed by atoms with van der Waals surface area (Å²) in [5, 5.41) is 1.96. The van der Waals surface area contributed by atoms with Crippen molar-refractivity contribution in [3.05, 3.63) is 43.6 Å². The third kappa shape index (κ3) is 2.71. The molecule has 0 amide bonds. The Kier molecular flexibility index (Phi) is 4.73. The summed E-state index contributed by atoms with van der Waals surface area (Å²) in [4.78, 5) is 1.06. The van der Waals surface area contributed by atoms with Crippen molar-refractivity contribution < 1.29 is 9.47 Å². The molecule has 0 saturated carbocycles. The van der Waals surface area contributed by atoms with E-state index in [0.717, 1.165) is 37.5 Å². The van der Waals surface area contributed by atoms with E-state index in [0.29, 0.717) is 0 Å². The Balaban J connectivity index is 2.55. The lowest BCUT2D eigenvalue weighted by molar-refractivity contribution is 0.404. The van der Waals surface area contributed by atoms with Crippen LogP contribution in [-0.4, -0.2) is 14.2 Å².